The third kappa shape index (κ3) is 1.89. The van der Waals surface area contributed by atoms with Crippen molar-refractivity contribution >= 4 is 5.69 Å². The molecule has 14 heavy (non-hydrogen) atoms. The van der Waals surface area contributed by atoms with Crippen LogP contribution < -0.4 is 16.0 Å². The van der Waals surface area contributed by atoms with Gasteiger partial charge in [0.15, 0.2) is 0 Å². The fraction of sp³-hybridized carbons (Fsp3) is 0.455. The summed E-state index contributed by atoms with van der Waals surface area (Å²) in [7, 11) is 0. The monoisotopic (exact) mass is 191 g/mol. The summed E-state index contributed by atoms with van der Waals surface area (Å²) in [5, 5.41) is 3.36. The molecule has 1 atom stereocenters. The predicted molar refractivity (Wildman–Crippen MR) is 59.5 cm³/mol. The van der Waals surface area contributed by atoms with Gasteiger partial charge < -0.3 is 16.0 Å². The Morgan fingerprint density at radius 1 is 1.36 bits per heavy atom. The minimum absolute atomic E-state index is 0.436. The van der Waals surface area contributed by atoms with Crippen LogP contribution in [0.5, 0.6) is 0 Å². The topological polar surface area (TPSA) is 41.3 Å². The summed E-state index contributed by atoms with van der Waals surface area (Å²) in [6.45, 7) is 3.80. The average molecular weight is 191 g/mol. The van der Waals surface area contributed by atoms with E-state index >= 15 is 0 Å². The van der Waals surface area contributed by atoms with Gasteiger partial charge in [-0.2, -0.15) is 0 Å². The zero-order valence-corrected chi connectivity index (χ0v) is 8.32. The zero-order valence-electron chi connectivity index (χ0n) is 8.32. The molecule has 76 valence electrons. The number of nitrogens with zero attached hydrogens (tertiary/aromatic N) is 1. The van der Waals surface area contributed by atoms with Crippen LogP contribution >= 0.6 is 0 Å². The fourth-order valence-corrected chi connectivity index (χ4v) is 1.93. The van der Waals surface area contributed by atoms with Gasteiger partial charge >= 0.3 is 0 Å². The maximum absolute atomic E-state index is 5.75. The lowest BCUT2D eigenvalue weighted by atomic mass is 10.1. The summed E-state index contributed by atoms with van der Waals surface area (Å²) in [6.07, 6.45) is 0. The SMILES string of the molecule is NCC1CNCCN1c1ccccc1. The molecule has 3 heteroatoms. The van der Waals surface area contributed by atoms with E-state index in [0.29, 0.717) is 12.6 Å². The van der Waals surface area contributed by atoms with E-state index in [-0.39, 0.29) is 0 Å². The van der Waals surface area contributed by atoms with Crippen LogP contribution in [0.15, 0.2) is 30.3 Å². The number of rotatable bonds is 2. The minimum atomic E-state index is 0.436. The van der Waals surface area contributed by atoms with Crippen LogP contribution in [0, 0.1) is 0 Å². The van der Waals surface area contributed by atoms with E-state index in [0.717, 1.165) is 19.6 Å². The zero-order chi connectivity index (χ0) is 9.80. The number of hydrogen-bond donors (Lipinski definition) is 2. The largest absolute Gasteiger partial charge is 0.365 e. The maximum Gasteiger partial charge on any atom is 0.0537 e. The smallest absolute Gasteiger partial charge is 0.0537 e. The predicted octanol–water partition coefficient (Wildman–Crippen LogP) is 0.423. The molecule has 0 aromatic heterocycles. The number of anilines is 1. The normalized spacial score (nSPS) is 22.4. The van der Waals surface area contributed by atoms with Crippen molar-refractivity contribution < 1.29 is 0 Å². The van der Waals surface area contributed by atoms with Gasteiger partial charge in [0.2, 0.25) is 0 Å². The van der Waals surface area contributed by atoms with Crippen LogP contribution in [0.3, 0.4) is 0 Å². The first kappa shape index (κ1) is 9.49. The average Bonchev–Trinajstić information content (AvgIpc) is 2.30. The second-order valence-electron chi connectivity index (χ2n) is 3.62. The minimum Gasteiger partial charge on any atom is -0.365 e. The molecule has 1 saturated heterocycles. The van der Waals surface area contributed by atoms with Gasteiger partial charge in [0.1, 0.15) is 0 Å². The van der Waals surface area contributed by atoms with Gasteiger partial charge in [-0.1, -0.05) is 18.2 Å². The standard InChI is InChI=1S/C11H17N3/c12-8-11-9-13-6-7-14(11)10-4-2-1-3-5-10/h1-5,11,13H,6-9,12H2. The molecular weight excluding hydrogens is 174 g/mol. The lowest BCUT2D eigenvalue weighted by Crippen LogP contribution is -2.54. The molecule has 3 N–H and O–H groups in total. The second kappa shape index (κ2) is 4.44. The van der Waals surface area contributed by atoms with Crippen molar-refractivity contribution in [1.82, 2.24) is 5.32 Å². The van der Waals surface area contributed by atoms with Crippen LogP contribution in [0.4, 0.5) is 5.69 Å². The molecule has 1 aliphatic heterocycles. The first-order chi connectivity index (χ1) is 6.92. The van der Waals surface area contributed by atoms with E-state index in [1.165, 1.54) is 5.69 Å². The van der Waals surface area contributed by atoms with Crippen LogP contribution in [0.25, 0.3) is 0 Å². The van der Waals surface area contributed by atoms with Gasteiger partial charge in [-0.3, -0.25) is 0 Å². The molecule has 1 unspecified atom stereocenters. The highest BCUT2D eigenvalue weighted by Gasteiger charge is 2.20. The van der Waals surface area contributed by atoms with Crippen molar-refractivity contribution in [3.05, 3.63) is 30.3 Å². The van der Waals surface area contributed by atoms with Gasteiger partial charge in [0.05, 0.1) is 6.04 Å². The Morgan fingerprint density at radius 3 is 2.86 bits per heavy atom. The van der Waals surface area contributed by atoms with Crippen molar-refractivity contribution in [1.29, 1.82) is 0 Å². The third-order valence-electron chi connectivity index (χ3n) is 2.71. The molecular formula is C11H17N3. The van der Waals surface area contributed by atoms with Gasteiger partial charge in [-0.15, -0.1) is 0 Å². The number of benzene rings is 1. The summed E-state index contributed by atoms with van der Waals surface area (Å²) in [5.74, 6) is 0. The Labute approximate surface area is 84.9 Å². The van der Waals surface area contributed by atoms with Crippen LogP contribution in [0.2, 0.25) is 0 Å². The first-order valence-corrected chi connectivity index (χ1v) is 5.14. The Kier molecular flexibility index (Phi) is 3.01. The number of hydrogen-bond acceptors (Lipinski definition) is 3. The Hall–Kier alpha value is -1.06. The highest BCUT2D eigenvalue weighted by atomic mass is 15.2. The molecule has 1 fully saturated rings. The first-order valence-electron chi connectivity index (χ1n) is 5.14. The van der Waals surface area contributed by atoms with Crippen molar-refractivity contribution in [3.63, 3.8) is 0 Å². The van der Waals surface area contributed by atoms with Gasteiger partial charge in [-0.25, -0.2) is 0 Å². The maximum atomic E-state index is 5.75. The lowest BCUT2D eigenvalue weighted by molar-refractivity contribution is 0.481. The Bertz CT molecular complexity index is 273. The van der Waals surface area contributed by atoms with Crippen LogP contribution in [-0.4, -0.2) is 32.2 Å². The van der Waals surface area contributed by atoms with E-state index in [1.54, 1.807) is 0 Å². The highest BCUT2D eigenvalue weighted by molar-refractivity contribution is 5.47. The van der Waals surface area contributed by atoms with Crippen LogP contribution in [-0.2, 0) is 0 Å². The van der Waals surface area contributed by atoms with E-state index in [9.17, 15) is 0 Å². The quantitative estimate of drug-likeness (QED) is 0.712. The van der Waals surface area contributed by atoms with Gasteiger partial charge in [-0.05, 0) is 12.1 Å². The van der Waals surface area contributed by atoms with Crippen molar-refractivity contribution in [2.45, 2.75) is 6.04 Å². The number of para-hydroxylation sites is 1. The van der Waals surface area contributed by atoms with Crippen LogP contribution in [0.1, 0.15) is 0 Å². The summed E-state index contributed by atoms with van der Waals surface area (Å²) in [6, 6.07) is 10.9. The summed E-state index contributed by atoms with van der Waals surface area (Å²) >= 11 is 0. The van der Waals surface area contributed by atoms with Crippen molar-refractivity contribution in [2.75, 3.05) is 31.1 Å². The summed E-state index contributed by atoms with van der Waals surface area (Å²) in [4.78, 5) is 2.39. The van der Waals surface area contributed by atoms with Crippen molar-refractivity contribution in [2.24, 2.45) is 5.73 Å². The molecule has 1 aliphatic rings. The molecule has 0 saturated carbocycles. The second-order valence-corrected chi connectivity index (χ2v) is 3.62. The lowest BCUT2D eigenvalue weighted by Gasteiger charge is -2.37. The molecule has 0 aliphatic carbocycles. The molecule has 3 nitrogen and oxygen atoms in total. The molecule has 0 bridgehead atoms. The number of nitrogens with one attached hydrogen (secondary N) is 1. The van der Waals surface area contributed by atoms with E-state index in [1.807, 2.05) is 6.07 Å². The third-order valence-corrected chi connectivity index (χ3v) is 2.71. The molecule has 0 spiro atoms. The molecule has 1 aromatic carbocycles. The Morgan fingerprint density at radius 2 is 2.14 bits per heavy atom. The number of piperazine rings is 1. The molecule has 0 radical (unpaired) electrons. The number of nitrogens with two attached hydrogens (primary N) is 1. The van der Waals surface area contributed by atoms with E-state index < -0.39 is 0 Å². The Balaban J connectivity index is 2.15. The summed E-state index contributed by atoms with van der Waals surface area (Å²) < 4.78 is 0. The molecule has 1 heterocycles. The van der Waals surface area contributed by atoms with E-state index in [4.69, 9.17) is 5.73 Å². The van der Waals surface area contributed by atoms with Gasteiger partial charge in [0.25, 0.3) is 0 Å². The highest BCUT2D eigenvalue weighted by Crippen LogP contribution is 2.16. The fourth-order valence-electron chi connectivity index (χ4n) is 1.93. The van der Waals surface area contributed by atoms with Crippen molar-refractivity contribution in [3.8, 4) is 0 Å². The molecule has 1 aromatic rings. The molecule has 0 amide bonds. The van der Waals surface area contributed by atoms with E-state index in [2.05, 4.69) is 34.5 Å². The molecule has 2 rings (SSSR count). The summed E-state index contributed by atoms with van der Waals surface area (Å²) in [5.41, 5.74) is 7.03. The van der Waals surface area contributed by atoms with Gasteiger partial charge in [0, 0.05) is 31.9 Å².